The van der Waals surface area contributed by atoms with E-state index in [9.17, 15) is 14.7 Å². The monoisotopic (exact) mass is 611 g/mol. The molecule has 5 aliphatic carbocycles. The molecule has 44 heavy (non-hydrogen) atoms. The van der Waals surface area contributed by atoms with Gasteiger partial charge in [0.25, 0.3) is 0 Å². The smallest absolute Gasteiger partial charge is 0.226 e. The van der Waals surface area contributed by atoms with Crippen LogP contribution in [0.4, 0.5) is 0 Å². The number of hydrogen-bond donors (Lipinski definition) is 3. The van der Waals surface area contributed by atoms with Gasteiger partial charge in [-0.05, 0) is 135 Å². The molecule has 0 aromatic rings. The van der Waals surface area contributed by atoms with Gasteiger partial charge in [0.15, 0.2) is 0 Å². The van der Waals surface area contributed by atoms with Gasteiger partial charge in [0, 0.05) is 20.0 Å². The van der Waals surface area contributed by atoms with Gasteiger partial charge in [-0.1, -0.05) is 66.0 Å². The molecule has 3 N–H and O–H groups in total. The molecule has 5 fully saturated rings. The van der Waals surface area contributed by atoms with Crippen molar-refractivity contribution < 1.29 is 14.7 Å². The molecule has 250 valence electrons. The number of allylic oxidation sites excluding steroid dienone is 1. The molecule has 5 rings (SSSR count). The molecule has 2 amide bonds. The average molecular weight is 611 g/mol. The van der Waals surface area contributed by atoms with Crippen molar-refractivity contribution in [2.75, 3.05) is 13.1 Å². The molecule has 5 saturated carbocycles. The third-order valence-corrected chi connectivity index (χ3v) is 15.5. The highest BCUT2D eigenvalue weighted by Crippen LogP contribution is 2.77. The van der Waals surface area contributed by atoms with E-state index in [-0.39, 0.29) is 39.1 Å². The summed E-state index contributed by atoms with van der Waals surface area (Å²) in [4.78, 5) is 25.3. The summed E-state index contributed by atoms with van der Waals surface area (Å²) in [5, 5.41) is 17.4. The standard InChI is InChI=1S/C39H66N2O3/c1-26(2)28-16-21-39(34(44)41-25-13-11-9-10-12-24-40-27(3)42)23-22-37(7)29(33(28)39)14-15-31-36(6)19-18-32(43)35(4,5)30(36)17-20-38(31,37)8/h28-33,43H,1,9-25H2,2-8H3,(H,40,42)(H,41,44)/t28-,29+,30-,31?,32-,33+,36-,37+,38+,39-/m0/s1. The Hall–Kier alpha value is -1.36. The minimum atomic E-state index is -0.243. The molecule has 0 heterocycles. The average Bonchev–Trinajstić information content (AvgIpc) is 3.36. The van der Waals surface area contributed by atoms with E-state index in [1.807, 2.05) is 0 Å². The molecular weight excluding hydrogens is 544 g/mol. The van der Waals surface area contributed by atoms with E-state index in [1.54, 1.807) is 6.92 Å². The van der Waals surface area contributed by atoms with Crippen LogP contribution in [0.2, 0.25) is 0 Å². The highest BCUT2D eigenvalue weighted by atomic mass is 16.3. The quantitative estimate of drug-likeness (QED) is 0.172. The zero-order valence-electron chi connectivity index (χ0n) is 29.5. The summed E-state index contributed by atoms with van der Waals surface area (Å²) < 4.78 is 0. The van der Waals surface area contributed by atoms with E-state index < -0.39 is 0 Å². The number of amides is 2. The Morgan fingerprint density at radius 1 is 0.727 bits per heavy atom. The summed E-state index contributed by atoms with van der Waals surface area (Å²) in [7, 11) is 0. The summed E-state index contributed by atoms with van der Waals surface area (Å²) in [6, 6.07) is 0. The van der Waals surface area contributed by atoms with Crippen LogP contribution < -0.4 is 10.6 Å². The third kappa shape index (κ3) is 5.31. The van der Waals surface area contributed by atoms with E-state index in [2.05, 4.69) is 58.8 Å². The van der Waals surface area contributed by atoms with Crippen LogP contribution in [0.5, 0.6) is 0 Å². The minimum Gasteiger partial charge on any atom is -0.393 e. The van der Waals surface area contributed by atoms with Gasteiger partial charge in [-0.15, -0.1) is 0 Å². The largest absolute Gasteiger partial charge is 0.393 e. The van der Waals surface area contributed by atoms with Gasteiger partial charge in [-0.2, -0.15) is 0 Å². The van der Waals surface area contributed by atoms with Gasteiger partial charge in [0.2, 0.25) is 11.8 Å². The molecule has 1 unspecified atom stereocenters. The van der Waals surface area contributed by atoms with Gasteiger partial charge in [-0.3, -0.25) is 9.59 Å². The van der Waals surface area contributed by atoms with Crippen molar-refractivity contribution >= 4 is 11.8 Å². The Morgan fingerprint density at radius 3 is 2.05 bits per heavy atom. The first kappa shape index (κ1) is 34.0. The van der Waals surface area contributed by atoms with Crippen LogP contribution in [0, 0.1) is 56.7 Å². The molecule has 0 saturated heterocycles. The second-order valence-corrected chi connectivity index (χ2v) is 17.7. The number of hydrogen-bond acceptors (Lipinski definition) is 3. The Balaban J connectivity index is 1.30. The summed E-state index contributed by atoms with van der Waals surface area (Å²) in [6.45, 7) is 22.5. The summed E-state index contributed by atoms with van der Waals surface area (Å²) >= 11 is 0. The van der Waals surface area contributed by atoms with Crippen molar-refractivity contribution in [3.63, 3.8) is 0 Å². The zero-order chi connectivity index (χ0) is 32.1. The summed E-state index contributed by atoms with van der Waals surface area (Å²) in [5.74, 6) is 3.07. The Morgan fingerprint density at radius 2 is 1.39 bits per heavy atom. The maximum Gasteiger partial charge on any atom is 0.226 e. The fraction of sp³-hybridized carbons (Fsp3) is 0.897. The van der Waals surface area contributed by atoms with E-state index >= 15 is 0 Å². The molecule has 0 aromatic heterocycles. The molecule has 0 bridgehead atoms. The first-order valence-electron chi connectivity index (χ1n) is 18.5. The van der Waals surface area contributed by atoms with Crippen LogP contribution in [0.3, 0.4) is 0 Å². The second-order valence-electron chi connectivity index (χ2n) is 17.7. The molecule has 0 radical (unpaired) electrons. The van der Waals surface area contributed by atoms with Crippen molar-refractivity contribution in [3.8, 4) is 0 Å². The fourth-order valence-electron chi connectivity index (χ4n) is 12.9. The first-order chi connectivity index (χ1) is 20.6. The van der Waals surface area contributed by atoms with Crippen LogP contribution in [-0.2, 0) is 9.59 Å². The number of unbranched alkanes of at least 4 members (excludes halogenated alkanes) is 4. The Kier molecular flexibility index (Phi) is 9.54. The lowest BCUT2D eigenvalue weighted by atomic mass is 9.32. The van der Waals surface area contributed by atoms with Crippen molar-refractivity contribution in [2.45, 2.75) is 151 Å². The van der Waals surface area contributed by atoms with E-state index in [0.717, 1.165) is 77.3 Å². The molecule has 5 aliphatic rings. The number of carbonyl (C=O) groups excluding carboxylic acids is 2. The zero-order valence-corrected chi connectivity index (χ0v) is 29.5. The lowest BCUT2D eigenvalue weighted by Gasteiger charge is -2.72. The number of aliphatic hydroxyl groups is 1. The molecule has 0 aliphatic heterocycles. The van der Waals surface area contributed by atoms with Gasteiger partial charge in [0.05, 0.1) is 11.5 Å². The highest BCUT2D eigenvalue weighted by Gasteiger charge is 2.71. The predicted octanol–water partition coefficient (Wildman–Crippen LogP) is 8.21. The summed E-state index contributed by atoms with van der Waals surface area (Å²) in [5.41, 5.74) is 1.81. The molecule has 5 heteroatoms. The normalized spacial score (nSPS) is 44.0. The molecule has 10 atom stereocenters. The van der Waals surface area contributed by atoms with Gasteiger partial charge in [-0.25, -0.2) is 0 Å². The molecule has 5 nitrogen and oxygen atoms in total. The number of aliphatic hydroxyl groups excluding tert-OH is 1. The van der Waals surface area contributed by atoms with E-state index in [4.69, 9.17) is 0 Å². The lowest BCUT2D eigenvalue weighted by molar-refractivity contribution is -0.246. The van der Waals surface area contributed by atoms with Crippen LogP contribution in [0.1, 0.15) is 145 Å². The number of fused-ring (bicyclic) bond motifs is 7. The van der Waals surface area contributed by atoms with Crippen molar-refractivity contribution in [3.05, 3.63) is 12.2 Å². The van der Waals surface area contributed by atoms with E-state index in [1.165, 1.54) is 37.7 Å². The molecule has 0 spiro atoms. The Labute approximate surface area is 269 Å². The second kappa shape index (κ2) is 12.3. The SMILES string of the molecule is C=C(C)[C@@H]1CC[C@]2(C(=O)NCCCCCCCNC(C)=O)CC[C@]3(C)[C@H](CCC4[C@@]5(C)CC[C@H](O)C(C)(C)[C@@H]5CC[C@]43C)[C@@H]12. The highest BCUT2D eigenvalue weighted by molar-refractivity contribution is 5.84. The maximum absolute atomic E-state index is 14.3. The van der Waals surface area contributed by atoms with Crippen molar-refractivity contribution in [1.82, 2.24) is 10.6 Å². The van der Waals surface area contributed by atoms with Gasteiger partial charge >= 0.3 is 0 Å². The minimum absolute atomic E-state index is 0.0188. The van der Waals surface area contributed by atoms with Crippen LogP contribution in [0.25, 0.3) is 0 Å². The maximum atomic E-state index is 14.3. The third-order valence-electron chi connectivity index (χ3n) is 15.5. The van der Waals surface area contributed by atoms with E-state index in [0.29, 0.717) is 35.5 Å². The summed E-state index contributed by atoms with van der Waals surface area (Å²) in [6.07, 6.45) is 16.7. The molecular formula is C39H66N2O3. The number of carbonyl (C=O) groups is 2. The predicted molar refractivity (Wildman–Crippen MR) is 180 cm³/mol. The topological polar surface area (TPSA) is 78.4 Å². The number of nitrogens with one attached hydrogen (secondary N) is 2. The fourth-order valence-corrected chi connectivity index (χ4v) is 12.9. The Bertz CT molecular complexity index is 1100. The number of rotatable bonds is 10. The van der Waals surface area contributed by atoms with Crippen LogP contribution in [0.15, 0.2) is 12.2 Å². The van der Waals surface area contributed by atoms with Crippen molar-refractivity contribution in [2.24, 2.45) is 56.7 Å². The molecule has 0 aromatic carbocycles. The van der Waals surface area contributed by atoms with Gasteiger partial charge < -0.3 is 15.7 Å². The lowest BCUT2D eigenvalue weighted by Crippen LogP contribution is -2.67. The van der Waals surface area contributed by atoms with Gasteiger partial charge in [0.1, 0.15) is 0 Å². The van der Waals surface area contributed by atoms with Crippen molar-refractivity contribution in [1.29, 1.82) is 0 Å². The van der Waals surface area contributed by atoms with Crippen LogP contribution >= 0.6 is 0 Å². The first-order valence-corrected chi connectivity index (χ1v) is 18.5. The van der Waals surface area contributed by atoms with Crippen LogP contribution in [-0.4, -0.2) is 36.1 Å².